The maximum absolute atomic E-state index is 12.9. The summed E-state index contributed by atoms with van der Waals surface area (Å²) in [5, 5.41) is 0. The van der Waals surface area contributed by atoms with Gasteiger partial charge in [0.1, 0.15) is 13.2 Å². The Morgan fingerprint density at radius 1 is 0.247 bits per heavy atom. The van der Waals surface area contributed by atoms with E-state index in [4.69, 9.17) is 14.2 Å². The summed E-state index contributed by atoms with van der Waals surface area (Å²) in [6, 6.07) is 0. The summed E-state index contributed by atoms with van der Waals surface area (Å²) in [4.78, 5) is 38.3. The van der Waals surface area contributed by atoms with Crippen molar-refractivity contribution in [3.63, 3.8) is 0 Å². The minimum atomic E-state index is -0.823. The Morgan fingerprint density at radius 3 is 0.728 bits per heavy atom. The molecule has 81 heavy (non-hydrogen) atoms. The van der Waals surface area contributed by atoms with E-state index in [0.29, 0.717) is 19.3 Å². The Kier molecular flexibility index (Phi) is 62.9. The van der Waals surface area contributed by atoms with E-state index in [1.54, 1.807) is 0 Å². The number of carbonyl (C=O) groups excluding carboxylic acids is 3. The lowest BCUT2D eigenvalue weighted by atomic mass is 10.0. The van der Waals surface area contributed by atoms with Crippen molar-refractivity contribution >= 4 is 17.9 Å². The molecule has 0 bridgehead atoms. The highest BCUT2D eigenvalue weighted by Gasteiger charge is 2.19. The number of unbranched alkanes of at least 4 members (excludes halogenated alkanes) is 18. The van der Waals surface area contributed by atoms with Crippen LogP contribution < -0.4 is 0 Å². The van der Waals surface area contributed by atoms with Gasteiger partial charge in [0, 0.05) is 19.3 Å². The van der Waals surface area contributed by atoms with Crippen LogP contribution in [0.15, 0.2) is 170 Å². The van der Waals surface area contributed by atoms with Crippen LogP contribution in [-0.2, 0) is 28.6 Å². The summed E-state index contributed by atoms with van der Waals surface area (Å²) in [6.45, 7) is 6.23. The van der Waals surface area contributed by atoms with Gasteiger partial charge < -0.3 is 14.2 Å². The molecule has 0 aliphatic carbocycles. The Balaban J connectivity index is 4.39. The van der Waals surface area contributed by atoms with Gasteiger partial charge in [-0.2, -0.15) is 0 Å². The monoisotopic (exact) mass is 1110 g/mol. The van der Waals surface area contributed by atoms with Gasteiger partial charge in [-0.1, -0.05) is 268 Å². The highest BCUT2D eigenvalue weighted by Crippen LogP contribution is 2.15. The third kappa shape index (κ3) is 65.5. The second kappa shape index (κ2) is 67.3. The number of rotatable bonds is 57. The van der Waals surface area contributed by atoms with Crippen LogP contribution in [-0.4, -0.2) is 37.2 Å². The van der Waals surface area contributed by atoms with Gasteiger partial charge in [0.15, 0.2) is 6.10 Å². The minimum Gasteiger partial charge on any atom is -0.462 e. The predicted molar refractivity (Wildman–Crippen MR) is 352 cm³/mol. The summed E-state index contributed by atoms with van der Waals surface area (Å²) in [5.74, 6) is -0.992. The molecule has 1 atom stereocenters. The summed E-state index contributed by atoms with van der Waals surface area (Å²) in [5.41, 5.74) is 0. The molecule has 0 saturated heterocycles. The normalized spacial score (nSPS) is 13.3. The minimum absolute atomic E-state index is 0.113. The van der Waals surface area contributed by atoms with Crippen molar-refractivity contribution in [1.29, 1.82) is 0 Å². The zero-order chi connectivity index (χ0) is 58.5. The average molecular weight is 1120 g/mol. The van der Waals surface area contributed by atoms with Crippen LogP contribution in [0.4, 0.5) is 0 Å². The van der Waals surface area contributed by atoms with Crippen LogP contribution in [0.1, 0.15) is 265 Å². The Bertz CT molecular complexity index is 1860. The van der Waals surface area contributed by atoms with Gasteiger partial charge in [-0.05, 0) is 148 Å². The first kappa shape index (κ1) is 75.8. The molecule has 0 aromatic heterocycles. The van der Waals surface area contributed by atoms with Crippen molar-refractivity contribution in [3.05, 3.63) is 170 Å². The second-order valence-electron chi connectivity index (χ2n) is 20.9. The molecule has 0 aliphatic heterocycles. The van der Waals surface area contributed by atoms with E-state index in [0.717, 1.165) is 148 Å². The third-order valence-electron chi connectivity index (χ3n) is 13.2. The molecule has 0 rings (SSSR count). The molecule has 0 aliphatic rings. The van der Waals surface area contributed by atoms with Gasteiger partial charge in [0.2, 0.25) is 0 Å². The first-order chi connectivity index (χ1) is 40.0. The molecule has 0 saturated carbocycles. The van der Waals surface area contributed by atoms with Crippen molar-refractivity contribution in [3.8, 4) is 0 Å². The molecule has 0 radical (unpaired) electrons. The molecular formula is C75H118O6. The summed E-state index contributed by atoms with van der Waals surface area (Å²) in [7, 11) is 0. The van der Waals surface area contributed by atoms with Crippen molar-refractivity contribution in [2.24, 2.45) is 0 Å². The van der Waals surface area contributed by atoms with E-state index < -0.39 is 6.10 Å². The number of ether oxygens (including phenoxy) is 3. The number of hydrogen-bond donors (Lipinski definition) is 0. The summed E-state index contributed by atoms with van der Waals surface area (Å²) < 4.78 is 16.9. The van der Waals surface area contributed by atoms with Crippen LogP contribution in [0.3, 0.4) is 0 Å². The first-order valence-corrected chi connectivity index (χ1v) is 32.6. The molecule has 0 amide bonds. The lowest BCUT2D eigenvalue weighted by Crippen LogP contribution is -2.30. The molecule has 0 fully saturated rings. The lowest BCUT2D eigenvalue weighted by Gasteiger charge is -2.18. The van der Waals surface area contributed by atoms with E-state index in [1.165, 1.54) is 70.6 Å². The molecule has 0 N–H and O–H groups in total. The molecule has 1 unspecified atom stereocenters. The van der Waals surface area contributed by atoms with Gasteiger partial charge in [0.25, 0.3) is 0 Å². The lowest BCUT2D eigenvalue weighted by molar-refractivity contribution is -0.167. The fraction of sp³-hybridized carbons (Fsp3) is 0.587. The molecule has 454 valence electrons. The van der Waals surface area contributed by atoms with Crippen molar-refractivity contribution in [2.45, 2.75) is 271 Å². The average Bonchev–Trinajstić information content (AvgIpc) is 3.46. The van der Waals surface area contributed by atoms with Crippen LogP contribution in [0, 0.1) is 0 Å². The predicted octanol–water partition coefficient (Wildman–Crippen LogP) is 22.7. The van der Waals surface area contributed by atoms with Crippen LogP contribution in [0.25, 0.3) is 0 Å². The van der Waals surface area contributed by atoms with Crippen molar-refractivity contribution in [1.82, 2.24) is 0 Å². The maximum Gasteiger partial charge on any atom is 0.306 e. The highest BCUT2D eigenvalue weighted by molar-refractivity contribution is 5.71. The summed E-state index contributed by atoms with van der Waals surface area (Å²) in [6.07, 6.45) is 99.4. The highest BCUT2D eigenvalue weighted by atomic mass is 16.6. The van der Waals surface area contributed by atoms with Gasteiger partial charge in [-0.15, -0.1) is 0 Å². The van der Waals surface area contributed by atoms with Crippen LogP contribution >= 0.6 is 0 Å². The van der Waals surface area contributed by atoms with E-state index >= 15 is 0 Å². The first-order valence-electron chi connectivity index (χ1n) is 32.6. The standard InChI is InChI=1S/C75H118O6/c1-4-7-10-13-16-19-22-25-27-29-31-33-34-35-36-37-38-39-40-42-43-45-47-50-53-56-59-62-65-68-74(77)80-71-72(70-79-73(76)67-64-61-58-55-52-49-24-21-18-15-12-9-6-3)81-75(78)69-66-63-60-57-54-51-48-46-44-41-32-30-28-26-23-20-17-14-11-8-5-2/h7-12,16-21,25-28,31-33,35-36,41,46,48-49,52,54,57,72H,4-6,13-15,22-24,29-30,34,37-40,42-45,47,50-51,53,55-56,58-71H2,1-3H3/b10-7-,11-8-,12-9-,19-16-,20-17-,21-18-,27-25-,28-26-,33-31-,36-35-,41-32-,48-46-,52-49-,57-54-. The Hall–Kier alpha value is -5.23. The van der Waals surface area contributed by atoms with E-state index in [1.807, 2.05) is 0 Å². The number of allylic oxidation sites excluding steroid dienone is 28. The van der Waals surface area contributed by atoms with Gasteiger partial charge >= 0.3 is 17.9 Å². The van der Waals surface area contributed by atoms with Gasteiger partial charge in [-0.25, -0.2) is 0 Å². The molecular weight excluding hydrogens is 997 g/mol. The number of carbonyl (C=O) groups is 3. The van der Waals surface area contributed by atoms with E-state index in [9.17, 15) is 14.4 Å². The Labute approximate surface area is 498 Å². The maximum atomic E-state index is 12.9. The molecule has 6 nitrogen and oxygen atoms in total. The van der Waals surface area contributed by atoms with E-state index in [2.05, 4.69) is 191 Å². The molecule has 0 aromatic rings. The van der Waals surface area contributed by atoms with Gasteiger partial charge in [0.05, 0.1) is 0 Å². The largest absolute Gasteiger partial charge is 0.462 e. The zero-order valence-corrected chi connectivity index (χ0v) is 52.0. The molecule has 0 heterocycles. The van der Waals surface area contributed by atoms with Gasteiger partial charge in [-0.3, -0.25) is 14.4 Å². The molecule has 6 heteroatoms. The van der Waals surface area contributed by atoms with Crippen molar-refractivity contribution in [2.75, 3.05) is 13.2 Å². The van der Waals surface area contributed by atoms with Crippen LogP contribution in [0.2, 0.25) is 0 Å². The topological polar surface area (TPSA) is 78.9 Å². The summed E-state index contributed by atoms with van der Waals surface area (Å²) >= 11 is 0. The quantitative estimate of drug-likeness (QED) is 0.0261. The van der Waals surface area contributed by atoms with E-state index in [-0.39, 0.29) is 37.5 Å². The fourth-order valence-corrected chi connectivity index (χ4v) is 8.43. The molecule has 0 aromatic carbocycles. The number of esters is 3. The van der Waals surface area contributed by atoms with Crippen LogP contribution in [0.5, 0.6) is 0 Å². The smallest absolute Gasteiger partial charge is 0.306 e. The number of hydrogen-bond acceptors (Lipinski definition) is 6. The second-order valence-corrected chi connectivity index (χ2v) is 20.9. The zero-order valence-electron chi connectivity index (χ0n) is 52.0. The third-order valence-corrected chi connectivity index (χ3v) is 13.2. The van der Waals surface area contributed by atoms with Crippen molar-refractivity contribution < 1.29 is 28.6 Å². The SMILES string of the molecule is CC/C=C\C/C=C\C/C=C\C/C=C\C/C=C\C/C=C\CCCCC(=O)OC(COC(=O)CCCCC/C=C\C/C=C\C/C=C\CC)COC(=O)CCCCCCCCCCCCCCC/C=C\C/C=C\C/C=C\C/C=C\C/C=C\CC. The Morgan fingerprint density at radius 2 is 0.444 bits per heavy atom. The molecule has 0 spiro atoms. The fourth-order valence-electron chi connectivity index (χ4n) is 8.43.